The molecule has 27 heavy (non-hydrogen) atoms. The fraction of sp³-hybridized carbons (Fsp3) is 0.143. The van der Waals surface area contributed by atoms with Gasteiger partial charge in [-0.2, -0.15) is 4.98 Å². The van der Waals surface area contributed by atoms with Crippen LogP contribution in [0.5, 0.6) is 0 Å². The van der Waals surface area contributed by atoms with Crippen molar-refractivity contribution in [3.8, 4) is 0 Å². The summed E-state index contributed by atoms with van der Waals surface area (Å²) in [6, 6.07) is 17.5. The molecule has 0 radical (unpaired) electrons. The van der Waals surface area contributed by atoms with Crippen molar-refractivity contribution in [3.05, 3.63) is 89.2 Å². The van der Waals surface area contributed by atoms with Gasteiger partial charge in [-0.05, 0) is 25.5 Å². The summed E-state index contributed by atoms with van der Waals surface area (Å²) in [4.78, 5) is 21.9. The fourth-order valence-corrected chi connectivity index (χ4v) is 3.77. The normalized spacial score (nSPS) is 12.2. The highest BCUT2D eigenvalue weighted by Crippen LogP contribution is 2.36. The first kappa shape index (κ1) is 17.4. The first-order chi connectivity index (χ1) is 13.1. The van der Waals surface area contributed by atoms with Crippen LogP contribution in [0.3, 0.4) is 0 Å². The van der Waals surface area contributed by atoms with Gasteiger partial charge in [-0.1, -0.05) is 71.4 Å². The van der Waals surface area contributed by atoms with E-state index in [4.69, 9.17) is 0 Å². The number of fused-ring (bicyclic) bond motifs is 1. The van der Waals surface area contributed by atoms with Crippen LogP contribution in [0, 0.1) is 13.8 Å². The molecule has 6 heteroatoms. The van der Waals surface area contributed by atoms with E-state index in [-0.39, 0.29) is 5.78 Å². The highest BCUT2D eigenvalue weighted by molar-refractivity contribution is 8.00. The number of aryl methyl sites for hydroxylation is 2. The van der Waals surface area contributed by atoms with Crippen LogP contribution in [0.25, 0.3) is 5.78 Å². The minimum absolute atomic E-state index is 0.0377. The van der Waals surface area contributed by atoms with Gasteiger partial charge in [0.1, 0.15) is 5.25 Å². The molecule has 0 amide bonds. The number of ketones is 1. The van der Waals surface area contributed by atoms with E-state index in [0.717, 1.165) is 16.7 Å². The van der Waals surface area contributed by atoms with Gasteiger partial charge < -0.3 is 0 Å². The van der Waals surface area contributed by atoms with Crippen LogP contribution >= 0.6 is 11.8 Å². The Hall–Kier alpha value is -2.99. The van der Waals surface area contributed by atoms with Crippen molar-refractivity contribution in [3.63, 3.8) is 0 Å². The lowest BCUT2D eigenvalue weighted by molar-refractivity contribution is 0.0989. The Kier molecular flexibility index (Phi) is 4.73. The Labute approximate surface area is 161 Å². The molecule has 5 nitrogen and oxygen atoms in total. The standard InChI is InChI=1S/C21H18N4OS/c1-14-4-8-16(9-5-14)18(26)19(17-10-6-15(2)7-11-17)27-21-23-20-22-12-3-13-25(20)24-21/h3-13,19H,1-2H3/t19-/m0/s1. The van der Waals surface area contributed by atoms with E-state index >= 15 is 0 Å². The van der Waals surface area contributed by atoms with Crippen molar-refractivity contribution in [1.82, 2.24) is 19.6 Å². The third-order valence-corrected chi connectivity index (χ3v) is 5.38. The average Bonchev–Trinajstić information content (AvgIpc) is 3.10. The number of nitrogens with zero attached hydrogens (tertiary/aromatic N) is 4. The molecule has 0 spiro atoms. The molecule has 0 saturated heterocycles. The molecule has 1 atom stereocenters. The first-order valence-electron chi connectivity index (χ1n) is 8.62. The van der Waals surface area contributed by atoms with E-state index in [1.807, 2.05) is 62.4 Å². The molecule has 0 aliphatic rings. The zero-order chi connectivity index (χ0) is 18.8. The largest absolute Gasteiger partial charge is 0.293 e. The average molecular weight is 374 g/mol. The predicted octanol–water partition coefficient (Wildman–Crippen LogP) is 4.46. The SMILES string of the molecule is Cc1ccc(C(=O)[C@@H](Sc2nc3ncccn3n2)c2ccc(C)cc2)cc1. The van der Waals surface area contributed by atoms with Crippen molar-refractivity contribution in [2.24, 2.45) is 0 Å². The molecular weight excluding hydrogens is 356 g/mol. The molecule has 2 heterocycles. The Morgan fingerprint density at radius 3 is 2.33 bits per heavy atom. The summed E-state index contributed by atoms with van der Waals surface area (Å²) in [7, 11) is 0. The van der Waals surface area contributed by atoms with Crippen molar-refractivity contribution >= 4 is 23.3 Å². The molecule has 0 N–H and O–H groups in total. The maximum Gasteiger partial charge on any atom is 0.253 e. The lowest BCUT2D eigenvalue weighted by Gasteiger charge is -2.15. The van der Waals surface area contributed by atoms with Crippen LogP contribution in [-0.2, 0) is 0 Å². The van der Waals surface area contributed by atoms with Gasteiger partial charge in [0.05, 0.1) is 0 Å². The van der Waals surface area contributed by atoms with Gasteiger partial charge in [-0.25, -0.2) is 9.50 Å². The monoisotopic (exact) mass is 374 g/mol. The molecule has 2 aromatic heterocycles. The zero-order valence-electron chi connectivity index (χ0n) is 15.0. The highest BCUT2D eigenvalue weighted by Gasteiger charge is 2.25. The van der Waals surface area contributed by atoms with Gasteiger partial charge in [0.2, 0.25) is 5.16 Å². The van der Waals surface area contributed by atoms with E-state index in [1.165, 1.54) is 11.8 Å². The zero-order valence-corrected chi connectivity index (χ0v) is 15.9. The predicted molar refractivity (Wildman–Crippen MR) is 106 cm³/mol. The summed E-state index contributed by atoms with van der Waals surface area (Å²) < 4.78 is 1.62. The molecular formula is C21H18N4OS. The van der Waals surface area contributed by atoms with Crippen LogP contribution in [0.2, 0.25) is 0 Å². The molecule has 134 valence electrons. The quantitative estimate of drug-likeness (QED) is 0.381. The molecule has 0 unspecified atom stereocenters. The highest BCUT2D eigenvalue weighted by atomic mass is 32.2. The summed E-state index contributed by atoms with van der Waals surface area (Å²) in [5.74, 6) is 0.557. The topological polar surface area (TPSA) is 60.2 Å². The number of carbonyl (C=O) groups excluding carboxylic acids is 1. The maximum absolute atomic E-state index is 13.3. The second kappa shape index (κ2) is 7.32. The first-order valence-corrected chi connectivity index (χ1v) is 9.49. The minimum atomic E-state index is -0.425. The molecule has 4 rings (SSSR count). The number of Topliss-reactive ketones (excluding diaryl/α,β-unsaturated/α-hetero) is 1. The van der Waals surface area contributed by atoms with E-state index in [2.05, 4.69) is 15.1 Å². The van der Waals surface area contributed by atoms with E-state index in [0.29, 0.717) is 16.5 Å². The fourth-order valence-electron chi connectivity index (χ4n) is 2.75. The molecule has 0 saturated carbocycles. The minimum Gasteiger partial charge on any atom is -0.293 e. The van der Waals surface area contributed by atoms with E-state index < -0.39 is 5.25 Å². The van der Waals surface area contributed by atoms with Crippen molar-refractivity contribution < 1.29 is 4.79 Å². The summed E-state index contributed by atoms with van der Waals surface area (Å²) in [6.45, 7) is 4.04. The summed E-state index contributed by atoms with van der Waals surface area (Å²) >= 11 is 1.35. The van der Waals surface area contributed by atoms with Crippen LogP contribution in [0.4, 0.5) is 0 Å². The van der Waals surface area contributed by atoms with Gasteiger partial charge in [0, 0.05) is 18.0 Å². The second-order valence-corrected chi connectivity index (χ2v) is 7.47. The number of rotatable bonds is 5. The van der Waals surface area contributed by atoms with Crippen molar-refractivity contribution in [2.75, 3.05) is 0 Å². The van der Waals surface area contributed by atoms with Gasteiger partial charge in [0.15, 0.2) is 5.78 Å². The maximum atomic E-state index is 13.3. The molecule has 0 fully saturated rings. The summed E-state index contributed by atoms with van der Waals surface area (Å²) in [6.07, 6.45) is 3.47. The molecule has 0 bridgehead atoms. The van der Waals surface area contributed by atoms with Crippen LogP contribution in [0.1, 0.15) is 32.3 Å². The Bertz CT molecular complexity index is 1050. The van der Waals surface area contributed by atoms with Crippen molar-refractivity contribution in [2.45, 2.75) is 24.3 Å². The number of carbonyl (C=O) groups is 1. The van der Waals surface area contributed by atoms with Gasteiger partial charge >= 0.3 is 0 Å². The van der Waals surface area contributed by atoms with Crippen LogP contribution < -0.4 is 0 Å². The van der Waals surface area contributed by atoms with E-state index in [1.54, 1.807) is 23.0 Å². The summed E-state index contributed by atoms with van der Waals surface area (Å²) in [5.41, 5.74) is 3.89. The lowest BCUT2D eigenvalue weighted by atomic mass is 10.0. The van der Waals surface area contributed by atoms with Gasteiger partial charge in [0.25, 0.3) is 5.78 Å². The molecule has 4 aromatic rings. The number of hydrogen-bond donors (Lipinski definition) is 0. The lowest BCUT2D eigenvalue weighted by Crippen LogP contribution is -2.10. The molecule has 0 aliphatic carbocycles. The van der Waals surface area contributed by atoms with Gasteiger partial charge in [-0.3, -0.25) is 4.79 Å². The number of benzene rings is 2. The third-order valence-electron chi connectivity index (χ3n) is 4.27. The number of hydrogen-bond acceptors (Lipinski definition) is 5. The Morgan fingerprint density at radius 2 is 1.67 bits per heavy atom. The van der Waals surface area contributed by atoms with E-state index in [9.17, 15) is 4.79 Å². The molecule has 2 aromatic carbocycles. The smallest absolute Gasteiger partial charge is 0.253 e. The Balaban J connectivity index is 1.71. The number of aromatic nitrogens is 4. The van der Waals surface area contributed by atoms with Gasteiger partial charge in [-0.15, -0.1) is 5.10 Å². The summed E-state index contributed by atoms with van der Waals surface area (Å²) in [5, 5.41) is 4.54. The molecule has 0 aliphatic heterocycles. The van der Waals surface area contributed by atoms with Crippen LogP contribution in [0.15, 0.2) is 72.1 Å². The Morgan fingerprint density at radius 1 is 1.00 bits per heavy atom. The van der Waals surface area contributed by atoms with Crippen molar-refractivity contribution in [1.29, 1.82) is 0 Å². The second-order valence-electron chi connectivity index (χ2n) is 6.40. The third kappa shape index (κ3) is 3.75. The number of thioether (sulfide) groups is 1. The van der Waals surface area contributed by atoms with Crippen LogP contribution in [-0.4, -0.2) is 25.4 Å².